The van der Waals surface area contributed by atoms with Crippen LogP contribution in [0, 0.1) is 0 Å². The molecule has 2 aromatic carbocycles. The molecule has 0 aliphatic heterocycles. The number of benzene rings is 2. The smallest absolute Gasteiger partial charge is 0.239 e. The van der Waals surface area contributed by atoms with E-state index in [-0.39, 0.29) is 5.91 Å². The van der Waals surface area contributed by atoms with Crippen molar-refractivity contribution in [2.45, 2.75) is 24.8 Å². The summed E-state index contributed by atoms with van der Waals surface area (Å²) in [5, 5.41) is 0.710. The number of aryl methyl sites for hydroxylation is 1. The molecule has 0 aliphatic rings. The molecule has 158 valence electrons. The van der Waals surface area contributed by atoms with Crippen LogP contribution >= 0.6 is 23.1 Å². The molecule has 0 aliphatic carbocycles. The summed E-state index contributed by atoms with van der Waals surface area (Å²) in [5.41, 5.74) is 3.00. The maximum absolute atomic E-state index is 13.3. The summed E-state index contributed by atoms with van der Waals surface area (Å²) < 4.78 is 6.30. The first-order chi connectivity index (χ1) is 15.2. The molecule has 31 heavy (non-hydrogen) atoms. The summed E-state index contributed by atoms with van der Waals surface area (Å²) in [4.78, 5) is 25.3. The van der Waals surface area contributed by atoms with E-state index in [2.05, 4.69) is 24.0 Å². The SMILES string of the molecule is CCc1cccc2sc(N(Cc3ccccn3)C(=O)CSc3ccc(OC)cc3)nc12. The zero-order valence-corrected chi connectivity index (χ0v) is 19.1. The van der Waals surface area contributed by atoms with E-state index in [9.17, 15) is 4.79 Å². The van der Waals surface area contributed by atoms with Crippen LogP contribution in [-0.2, 0) is 17.8 Å². The first-order valence-corrected chi connectivity index (χ1v) is 11.8. The van der Waals surface area contributed by atoms with Crippen LogP contribution < -0.4 is 9.64 Å². The Morgan fingerprint density at radius 1 is 1.10 bits per heavy atom. The summed E-state index contributed by atoms with van der Waals surface area (Å²) >= 11 is 3.06. The minimum Gasteiger partial charge on any atom is -0.497 e. The molecular formula is C24H23N3O2S2. The second-order valence-electron chi connectivity index (χ2n) is 6.88. The van der Waals surface area contributed by atoms with Crippen LogP contribution in [0.1, 0.15) is 18.2 Å². The Morgan fingerprint density at radius 3 is 2.65 bits per heavy atom. The molecule has 2 aromatic heterocycles. The second kappa shape index (κ2) is 9.94. The summed E-state index contributed by atoms with van der Waals surface area (Å²) in [6.07, 6.45) is 2.65. The normalized spacial score (nSPS) is 10.9. The van der Waals surface area contributed by atoms with Gasteiger partial charge in [0.15, 0.2) is 5.13 Å². The third kappa shape index (κ3) is 5.06. The van der Waals surface area contributed by atoms with Crippen molar-refractivity contribution in [1.29, 1.82) is 0 Å². The minimum atomic E-state index is 0.00331. The molecule has 0 saturated carbocycles. The van der Waals surface area contributed by atoms with Crippen LogP contribution in [-0.4, -0.2) is 28.7 Å². The second-order valence-corrected chi connectivity index (χ2v) is 8.94. The lowest BCUT2D eigenvalue weighted by molar-refractivity contribution is -0.116. The highest BCUT2D eigenvalue weighted by Crippen LogP contribution is 2.32. The van der Waals surface area contributed by atoms with Crippen LogP contribution in [0.2, 0.25) is 0 Å². The Morgan fingerprint density at radius 2 is 1.94 bits per heavy atom. The lowest BCUT2D eigenvalue weighted by Crippen LogP contribution is -2.32. The monoisotopic (exact) mass is 449 g/mol. The molecule has 7 heteroatoms. The molecule has 0 bridgehead atoms. The topological polar surface area (TPSA) is 55.3 Å². The van der Waals surface area contributed by atoms with Crippen molar-refractivity contribution >= 4 is 44.4 Å². The van der Waals surface area contributed by atoms with Gasteiger partial charge in [-0.15, -0.1) is 11.8 Å². The van der Waals surface area contributed by atoms with Gasteiger partial charge in [-0.25, -0.2) is 4.98 Å². The van der Waals surface area contributed by atoms with Gasteiger partial charge < -0.3 is 4.74 Å². The molecule has 0 radical (unpaired) electrons. The summed E-state index contributed by atoms with van der Waals surface area (Å²) in [6, 6.07) is 19.7. The number of ether oxygens (including phenoxy) is 1. The van der Waals surface area contributed by atoms with Gasteiger partial charge in [-0.05, 0) is 54.4 Å². The van der Waals surface area contributed by atoms with Crippen molar-refractivity contribution in [3.05, 3.63) is 78.1 Å². The molecule has 0 fully saturated rings. The quantitative estimate of drug-likeness (QED) is 0.328. The highest BCUT2D eigenvalue weighted by atomic mass is 32.2. The number of hydrogen-bond donors (Lipinski definition) is 0. The van der Waals surface area contributed by atoms with Crippen LogP contribution in [0.3, 0.4) is 0 Å². The number of carbonyl (C=O) groups excluding carboxylic acids is 1. The number of aromatic nitrogens is 2. The Labute approximate surface area is 190 Å². The van der Waals surface area contributed by atoms with E-state index in [0.717, 1.165) is 33.0 Å². The first-order valence-electron chi connectivity index (χ1n) is 10.0. The maximum Gasteiger partial charge on any atom is 0.239 e. The molecule has 0 spiro atoms. The lowest BCUT2D eigenvalue weighted by atomic mass is 10.1. The number of rotatable bonds is 8. The number of carbonyl (C=O) groups is 1. The lowest BCUT2D eigenvalue weighted by Gasteiger charge is -2.19. The van der Waals surface area contributed by atoms with Crippen molar-refractivity contribution in [2.75, 3.05) is 17.8 Å². The van der Waals surface area contributed by atoms with Crippen LogP contribution in [0.25, 0.3) is 10.2 Å². The van der Waals surface area contributed by atoms with Gasteiger partial charge in [-0.3, -0.25) is 14.7 Å². The third-order valence-corrected chi connectivity index (χ3v) is 6.91. The summed E-state index contributed by atoms with van der Waals surface area (Å²) in [7, 11) is 1.64. The van der Waals surface area contributed by atoms with Gasteiger partial charge >= 0.3 is 0 Å². The third-order valence-electron chi connectivity index (χ3n) is 4.87. The predicted octanol–water partition coefficient (Wildman–Crippen LogP) is 5.59. The number of amides is 1. The number of thioether (sulfide) groups is 1. The zero-order valence-electron chi connectivity index (χ0n) is 17.4. The Hall–Kier alpha value is -2.90. The van der Waals surface area contributed by atoms with Crippen molar-refractivity contribution in [1.82, 2.24) is 9.97 Å². The number of hydrogen-bond acceptors (Lipinski definition) is 6. The highest BCUT2D eigenvalue weighted by Gasteiger charge is 2.21. The molecule has 4 aromatic rings. The van der Waals surface area contributed by atoms with Crippen LogP contribution in [0.5, 0.6) is 5.75 Å². The molecule has 0 atom stereocenters. The van der Waals surface area contributed by atoms with E-state index in [1.54, 1.807) is 29.5 Å². The number of para-hydroxylation sites is 1. The Kier molecular flexibility index (Phi) is 6.84. The van der Waals surface area contributed by atoms with Crippen LogP contribution in [0.4, 0.5) is 5.13 Å². The molecule has 5 nitrogen and oxygen atoms in total. The largest absolute Gasteiger partial charge is 0.497 e. The Bertz CT molecular complexity index is 1160. The number of pyridine rings is 1. The predicted molar refractivity (Wildman–Crippen MR) is 128 cm³/mol. The maximum atomic E-state index is 13.3. The highest BCUT2D eigenvalue weighted by molar-refractivity contribution is 8.00. The van der Waals surface area contributed by atoms with Gasteiger partial charge in [-0.2, -0.15) is 0 Å². The molecular weight excluding hydrogens is 426 g/mol. The fourth-order valence-electron chi connectivity index (χ4n) is 3.21. The average Bonchev–Trinajstić information content (AvgIpc) is 3.26. The Balaban J connectivity index is 1.59. The summed E-state index contributed by atoms with van der Waals surface area (Å²) in [6.45, 7) is 2.51. The van der Waals surface area contributed by atoms with E-state index in [4.69, 9.17) is 9.72 Å². The van der Waals surface area contributed by atoms with Crippen molar-refractivity contribution in [3.8, 4) is 5.75 Å². The van der Waals surface area contributed by atoms with Crippen molar-refractivity contribution in [2.24, 2.45) is 0 Å². The fraction of sp³-hybridized carbons (Fsp3) is 0.208. The number of fused-ring (bicyclic) bond motifs is 1. The van der Waals surface area contributed by atoms with Gasteiger partial charge in [-0.1, -0.05) is 36.5 Å². The van der Waals surface area contributed by atoms with Gasteiger partial charge in [0, 0.05) is 11.1 Å². The van der Waals surface area contributed by atoms with E-state index in [1.165, 1.54) is 17.3 Å². The van der Waals surface area contributed by atoms with Gasteiger partial charge in [0.1, 0.15) is 5.75 Å². The van der Waals surface area contributed by atoms with Crippen molar-refractivity contribution in [3.63, 3.8) is 0 Å². The minimum absolute atomic E-state index is 0.00331. The zero-order chi connectivity index (χ0) is 21.6. The van der Waals surface area contributed by atoms with Gasteiger partial charge in [0.05, 0.1) is 35.3 Å². The van der Waals surface area contributed by atoms with E-state index < -0.39 is 0 Å². The summed E-state index contributed by atoms with van der Waals surface area (Å²) in [5.74, 6) is 1.12. The molecule has 1 amide bonds. The standard InChI is InChI=1S/C24H23N3O2S2/c1-3-17-7-6-9-21-23(17)26-24(31-21)27(15-18-8-4-5-14-25-18)22(28)16-30-20-12-10-19(29-2)11-13-20/h4-14H,3,15-16H2,1-2H3. The first kappa shape index (κ1) is 21.3. The number of methoxy groups -OCH3 is 1. The molecule has 4 rings (SSSR count). The number of thiazole rings is 1. The van der Waals surface area contributed by atoms with E-state index in [1.807, 2.05) is 48.5 Å². The van der Waals surface area contributed by atoms with E-state index in [0.29, 0.717) is 17.4 Å². The number of anilines is 1. The number of nitrogens with zero attached hydrogens (tertiary/aromatic N) is 3. The fourth-order valence-corrected chi connectivity index (χ4v) is 5.01. The van der Waals surface area contributed by atoms with E-state index >= 15 is 0 Å². The molecule has 0 N–H and O–H groups in total. The van der Waals surface area contributed by atoms with Gasteiger partial charge in [0.25, 0.3) is 0 Å². The molecule has 2 heterocycles. The van der Waals surface area contributed by atoms with Crippen LogP contribution in [0.15, 0.2) is 71.8 Å². The van der Waals surface area contributed by atoms with Gasteiger partial charge in [0.2, 0.25) is 5.91 Å². The molecule has 0 saturated heterocycles. The average molecular weight is 450 g/mol. The van der Waals surface area contributed by atoms with Crippen molar-refractivity contribution < 1.29 is 9.53 Å². The molecule has 0 unspecified atom stereocenters.